The van der Waals surface area contributed by atoms with Crippen LogP contribution in [-0.4, -0.2) is 0 Å². The summed E-state index contributed by atoms with van der Waals surface area (Å²) in [5.74, 6) is 0. The molecule has 370 valence electrons. The van der Waals surface area contributed by atoms with E-state index >= 15 is 0 Å². The maximum Gasteiger partial charge on any atom is 0.0540 e. The predicted octanol–water partition coefficient (Wildman–Crippen LogP) is 21.3. The molecule has 0 N–H and O–H groups in total. The van der Waals surface area contributed by atoms with E-state index in [0.717, 1.165) is 34.1 Å². The van der Waals surface area contributed by atoms with Crippen molar-refractivity contribution in [2.75, 3.05) is 9.80 Å². The molecule has 0 bridgehead atoms. The van der Waals surface area contributed by atoms with Gasteiger partial charge in [-0.15, -0.1) is 0 Å². The highest BCUT2D eigenvalue weighted by Gasteiger charge is 2.24. The fraction of sp³-hybridized carbons (Fsp3) is 0.135. The molecule has 0 aliphatic heterocycles. The molecule has 0 aromatic heterocycles. The van der Waals surface area contributed by atoms with Crippen LogP contribution < -0.4 is 9.80 Å². The van der Waals surface area contributed by atoms with Crippen LogP contribution in [0.5, 0.6) is 0 Å². The second kappa shape index (κ2) is 19.2. The Balaban J connectivity index is 1.11. The summed E-state index contributed by atoms with van der Waals surface area (Å²) in [5.41, 5.74) is 28.9. The summed E-state index contributed by atoms with van der Waals surface area (Å²) in [7, 11) is 0. The summed E-state index contributed by atoms with van der Waals surface area (Å²) in [6.45, 7) is 22.0. The molecule has 0 atom stereocenters. The molecule has 2 nitrogen and oxygen atoms in total. The quantitative estimate of drug-likeness (QED) is 0.126. The van der Waals surface area contributed by atoms with E-state index in [1.807, 2.05) is 0 Å². The predicted molar refractivity (Wildman–Crippen MR) is 329 cm³/mol. The van der Waals surface area contributed by atoms with Crippen LogP contribution in [0.15, 0.2) is 206 Å². The van der Waals surface area contributed by atoms with Crippen LogP contribution in [0.2, 0.25) is 0 Å². The number of rotatable bonds is 10. The zero-order chi connectivity index (χ0) is 52.5. The number of aryl methyl sites for hydroxylation is 10. The van der Waals surface area contributed by atoms with Crippen molar-refractivity contribution in [1.82, 2.24) is 0 Å². The summed E-state index contributed by atoms with van der Waals surface area (Å²) in [5, 5.41) is 7.36. The summed E-state index contributed by atoms with van der Waals surface area (Å²) < 4.78 is 0. The molecule has 12 aromatic rings. The van der Waals surface area contributed by atoms with Crippen molar-refractivity contribution in [3.05, 3.63) is 262 Å². The molecule has 2 heteroatoms. The Kier molecular flexibility index (Phi) is 12.2. The van der Waals surface area contributed by atoms with Crippen LogP contribution in [0.25, 0.3) is 76.8 Å². The molecule has 0 aliphatic carbocycles. The molecule has 0 aliphatic rings. The largest absolute Gasteiger partial charge is 0.310 e. The first kappa shape index (κ1) is 48.2. The van der Waals surface area contributed by atoms with Crippen LogP contribution in [-0.2, 0) is 0 Å². The van der Waals surface area contributed by atoms with E-state index in [9.17, 15) is 0 Å². The highest BCUT2D eigenvalue weighted by Crippen LogP contribution is 2.49. The summed E-state index contributed by atoms with van der Waals surface area (Å²) in [4.78, 5) is 4.99. The Morgan fingerprint density at radius 2 is 0.447 bits per heavy atom. The molecular formula is C74H64N2. The molecule has 76 heavy (non-hydrogen) atoms. The molecule has 0 spiro atoms. The zero-order valence-corrected chi connectivity index (χ0v) is 45.5. The smallest absolute Gasteiger partial charge is 0.0540 e. The molecule has 0 heterocycles. The lowest BCUT2D eigenvalue weighted by Gasteiger charge is -2.30. The van der Waals surface area contributed by atoms with Gasteiger partial charge in [-0.1, -0.05) is 189 Å². The third-order valence-electron chi connectivity index (χ3n) is 15.3. The van der Waals surface area contributed by atoms with Crippen LogP contribution >= 0.6 is 0 Å². The van der Waals surface area contributed by atoms with Gasteiger partial charge < -0.3 is 9.80 Å². The standard InChI is InChI=1S/C74H64N2/c1-45-11-19-65(20-12-45)75(67-41-61(57-31-47(3)27-48(4)32-57)39-62(42-67)58-33-49(5)28-50(6)34-58)71-25-17-55-16-24-70-72(26-18-56-15-23-69(71)73(55)74(56)70)76(66-21-13-46(2)14-22-66)68-43-63(59-35-51(7)29-52(8)36-59)40-64(44-68)60-37-53(9)30-54(10)38-60/h11-44H,1-10H3. The fourth-order valence-corrected chi connectivity index (χ4v) is 12.1. The van der Waals surface area contributed by atoms with Crippen molar-refractivity contribution in [2.24, 2.45) is 0 Å². The van der Waals surface area contributed by atoms with Gasteiger partial charge in [-0.3, -0.25) is 0 Å². The van der Waals surface area contributed by atoms with Gasteiger partial charge in [0, 0.05) is 33.5 Å². The van der Waals surface area contributed by atoms with E-state index in [0.29, 0.717) is 0 Å². The van der Waals surface area contributed by atoms with Gasteiger partial charge in [0.1, 0.15) is 0 Å². The van der Waals surface area contributed by atoms with E-state index in [4.69, 9.17) is 0 Å². The normalized spacial score (nSPS) is 11.6. The monoisotopic (exact) mass is 981 g/mol. The summed E-state index contributed by atoms with van der Waals surface area (Å²) in [6, 6.07) is 78.8. The number of nitrogens with zero attached hydrogens (tertiary/aromatic N) is 2. The van der Waals surface area contributed by atoms with Gasteiger partial charge in [-0.05, 0) is 208 Å². The molecular weight excluding hydrogens is 917 g/mol. The highest BCUT2D eigenvalue weighted by molar-refractivity contribution is 6.28. The van der Waals surface area contributed by atoms with Gasteiger partial charge in [0.15, 0.2) is 0 Å². The Morgan fingerprint density at radius 3 is 0.724 bits per heavy atom. The number of anilines is 6. The van der Waals surface area contributed by atoms with E-state index in [-0.39, 0.29) is 0 Å². The molecule has 12 aromatic carbocycles. The van der Waals surface area contributed by atoms with Gasteiger partial charge in [0.05, 0.1) is 11.4 Å². The Morgan fingerprint density at radius 1 is 0.197 bits per heavy atom. The molecule has 0 radical (unpaired) electrons. The molecule has 0 saturated heterocycles. The van der Waals surface area contributed by atoms with Crippen LogP contribution in [0.3, 0.4) is 0 Å². The Bertz CT molecular complexity index is 3720. The fourth-order valence-electron chi connectivity index (χ4n) is 12.1. The Hall–Kier alpha value is -8.72. The lowest BCUT2D eigenvalue weighted by molar-refractivity contribution is 1.28. The number of benzene rings is 12. The topological polar surface area (TPSA) is 6.48 Å². The van der Waals surface area contributed by atoms with Gasteiger partial charge in [-0.2, -0.15) is 0 Å². The lowest BCUT2D eigenvalue weighted by atomic mass is 9.91. The van der Waals surface area contributed by atoms with Crippen molar-refractivity contribution >= 4 is 66.4 Å². The first-order valence-corrected chi connectivity index (χ1v) is 26.8. The van der Waals surface area contributed by atoms with Crippen LogP contribution in [0.1, 0.15) is 55.6 Å². The highest BCUT2D eigenvalue weighted by atomic mass is 15.1. The van der Waals surface area contributed by atoms with Gasteiger partial charge in [0.25, 0.3) is 0 Å². The van der Waals surface area contributed by atoms with Crippen molar-refractivity contribution in [3.8, 4) is 44.5 Å². The summed E-state index contributed by atoms with van der Waals surface area (Å²) in [6.07, 6.45) is 0. The van der Waals surface area contributed by atoms with Crippen molar-refractivity contribution in [1.29, 1.82) is 0 Å². The van der Waals surface area contributed by atoms with Crippen molar-refractivity contribution < 1.29 is 0 Å². The maximum absolute atomic E-state index is 2.50. The van der Waals surface area contributed by atoms with E-state index in [1.54, 1.807) is 0 Å². The SMILES string of the molecule is Cc1ccc(N(c2cc(-c3cc(C)cc(C)c3)cc(-c3cc(C)cc(C)c3)c2)c2ccc3ccc4c(N(c5ccc(C)cc5)c5cc(-c6cc(C)cc(C)c6)cc(-c6cc(C)cc(C)c6)c5)ccc5ccc2c3c54)cc1. The zero-order valence-electron chi connectivity index (χ0n) is 45.5. The third-order valence-corrected chi connectivity index (χ3v) is 15.3. The van der Waals surface area contributed by atoms with Gasteiger partial charge in [0.2, 0.25) is 0 Å². The Labute approximate surface area is 449 Å². The number of hydrogen-bond acceptors (Lipinski definition) is 2. The third kappa shape index (κ3) is 9.19. The first-order valence-electron chi connectivity index (χ1n) is 26.8. The van der Waals surface area contributed by atoms with E-state index < -0.39 is 0 Å². The average Bonchev–Trinajstić information content (AvgIpc) is 3.54. The number of hydrogen-bond donors (Lipinski definition) is 0. The van der Waals surface area contributed by atoms with Crippen LogP contribution in [0, 0.1) is 69.2 Å². The second-order valence-electron chi connectivity index (χ2n) is 22.0. The lowest BCUT2D eigenvalue weighted by Crippen LogP contribution is -2.12. The van der Waals surface area contributed by atoms with Crippen LogP contribution in [0.4, 0.5) is 34.1 Å². The molecule has 0 amide bonds. The van der Waals surface area contributed by atoms with E-state index in [1.165, 1.54) is 132 Å². The minimum Gasteiger partial charge on any atom is -0.310 e. The van der Waals surface area contributed by atoms with Gasteiger partial charge >= 0.3 is 0 Å². The summed E-state index contributed by atoms with van der Waals surface area (Å²) >= 11 is 0. The minimum atomic E-state index is 1.11. The maximum atomic E-state index is 2.50. The molecule has 12 rings (SSSR count). The van der Waals surface area contributed by atoms with Gasteiger partial charge in [-0.25, -0.2) is 0 Å². The van der Waals surface area contributed by atoms with Crippen molar-refractivity contribution in [3.63, 3.8) is 0 Å². The first-order chi connectivity index (χ1) is 36.7. The van der Waals surface area contributed by atoms with Crippen molar-refractivity contribution in [2.45, 2.75) is 69.2 Å². The second-order valence-corrected chi connectivity index (χ2v) is 22.0. The molecule has 0 saturated carbocycles. The average molecular weight is 981 g/mol. The molecule has 0 fully saturated rings. The van der Waals surface area contributed by atoms with E-state index in [2.05, 4.69) is 285 Å². The molecule has 0 unspecified atom stereocenters. The minimum absolute atomic E-state index is 1.11.